The van der Waals surface area contributed by atoms with Crippen molar-refractivity contribution in [1.29, 1.82) is 0 Å². The third-order valence-electron chi connectivity index (χ3n) is 3.87. The van der Waals surface area contributed by atoms with E-state index in [0.29, 0.717) is 12.1 Å². The Kier molecular flexibility index (Phi) is 5.13. The van der Waals surface area contributed by atoms with Crippen molar-refractivity contribution in [2.24, 2.45) is 0 Å². The Hall–Kier alpha value is -0.470. The van der Waals surface area contributed by atoms with Crippen LogP contribution in [0.5, 0.6) is 0 Å². The van der Waals surface area contributed by atoms with Gasteiger partial charge in [-0.05, 0) is 38.0 Å². The van der Waals surface area contributed by atoms with E-state index in [1.165, 1.54) is 36.1 Å². The van der Waals surface area contributed by atoms with Crippen LogP contribution < -0.4 is 5.32 Å². The first-order chi connectivity index (χ1) is 8.70. The number of thioether (sulfide) groups is 1. The van der Waals surface area contributed by atoms with Gasteiger partial charge in [-0.2, -0.15) is 11.8 Å². The molecule has 0 saturated heterocycles. The Morgan fingerprint density at radius 1 is 1.28 bits per heavy atom. The minimum Gasteiger partial charge on any atom is -0.306 e. The van der Waals surface area contributed by atoms with Crippen molar-refractivity contribution < 1.29 is 0 Å². The lowest BCUT2D eigenvalue weighted by Gasteiger charge is -2.25. The van der Waals surface area contributed by atoms with Crippen LogP contribution in [-0.2, 0) is 0 Å². The summed E-state index contributed by atoms with van der Waals surface area (Å²) in [5.74, 6) is 1.24. The lowest BCUT2D eigenvalue weighted by molar-refractivity contribution is 0.467. The van der Waals surface area contributed by atoms with Crippen molar-refractivity contribution in [3.8, 4) is 0 Å². The van der Waals surface area contributed by atoms with Gasteiger partial charge in [0, 0.05) is 17.3 Å². The van der Waals surface area contributed by atoms with E-state index in [1.807, 2.05) is 0 Å². The zero-order valence-corrected chi connectivity index (χ0v) is 12.6. The quantitative estimate of drug-likeness (QED) is 0.849. The lowest BCUT2D eigenvalue weighted by atomic mass is 10.1. The molecule has 18 heavy (non-hydrogen) atoms. The van der Waals surface area contributed by atoms with Gasteiger partial charge in [-0.1, -0.05) is 43.2 Å². The summed E-state index contributed by atoms with van der Waals surface area (Å²) in [6, 6.07) is 10.1. The number of nitrogens with one attached hydrogen (secondary N) is 1. The molecule has 3 atom stereocenters. The van der Waals surface area contributed by atoms with Crippen LogP contribution in [0, 0.1) is 6.92 Å². The Morgan fingerprint density at radius 2 is 2.00 bits per heavy atom. The van der Waals surface area contributed by atoms with Gasteiger partial charge in [0.1, 0.15) is 0 Å². The zero-order valence-electron chi connectivity index (χ0n) is 11.8. The standard InChI is InChI=1S/C16H25NS/c1-4-18-16-7-5-6-15(16)17-13(3)14-10-8-12(2)9-11-14/h8-11,13,15-17H,4-7H2,1-3H3. The topological polar surface area (TPSA) is 12.0 Å². The Labute approximate surface area is 116 Å². The molecule has 2 heteroatoms. The molecule has 1 aliphatic carbocycles. The second kappa shape index (κ2) is 6.63. The van der Waals surface area contributed by atoms with Crippen LogP contribution in [0.4, 0.5) is 0 Å². The van der Waals surface area contributed by atoms with Crippen LogP contribution in [0.25, 0.3) is 0 Å². The molecule has 0 bridgehead atoms. The van der Waals surface area contributed by atoms with E-state index in [4.69, 9.17) is 0 Å². The van der Waals surface area contributed by atoms with Crippen LogP contribution in [0.3, 0.4) is 0 Å². The Morgan fingerprint density at radius 3 is 2.67 bits per heavy atom. The summed E-state index contributed by atoms with van der Waals surface area (Å²) in [4.78, 5) is 0. The molecule has 1 N–H and O–H groups in total. The molecule has 0 amide bonds. The number of rotatable bonds is 5. The molecule has 0 aliphatic heterocycles. The maximum absolute atomic E-state index is 3.83. The molecule has 100 valence electrons. The predicted octanol–water partition coefficient (Wildman–Crippen LogP) is 4.32. The third kappa shape index (κ3) is 3.52. The smallest absolute Gasteiger partial charge is 0.0294 e. The summed E-state index contributed by atoms with van der Waals surface area (Å²) < 4.78 is 0. The van der Waals surface area contributed by atoms with Gasteiger partial charge in [0.25, 0.3) is 0 Å². The minimum atomic E-state index is 0.466. The van der Waals surface area contributed by atoms with Gasteiger partial charge >= 0.3 is 0 Å². The molecule has 0 radical (unpaired) electrons. The van der Waals surface area contributed by atoms with E-state index in [1.54, 1.807) is 0 Å². The molecule has 0 heterocycles. The molecule has 1 aromatic carbocycles. The van der Waals surface area contributed by atoms with Crippen molar-refractivity contribution in [2.45, 2.75) is 57.4 Å². The fourth-order valence-electron chi connectivity index (χ4n) is 2.80. The molecule has 1 fully saturated rings. The van der Waals surface area contributed by atoms with Gasteiger partial charge in [-0.3, -0.25) is 0 Å². The maximum Gasteiger partial charge on any atom is 0.0294 e. The molecular formula is C16H25NS. The number of benzene rings is 1. The fraction of sp³-hybridized carbons (Fsp3) is 0.625. The highest BCUT2D eigenvalue weighted by Gasteiger charge is 2.28. The monoisotopic (exact) mass is 263 g/mol. The molecule has 1 saturated carbocycles. The van der Waals surface area contributed by atoms with Crippen molar-refractivity contribution in [2.75, 3.05) is 5.75 Å². The minimum absolute atomic E-state index is 0.466. The first kappa shape index (κ1) is 14.0. The summed E-state index contributed by atoms with van der Waals surface area (Å²) >= 11 is 2.12. The maximum atomic E-state index is 3.83. The zero-order chi connectivity index (χ0) is 13.0. The van der Waals surface area contributed by atoms with E-state index >= 15 is 0 Å². The van der Waals surface area contributed by atoms with E-state index in [-0.39, 0.29) is 0 Å². The first-order valence-corrected chi connectivity index (χ1v) is 8.19. The molecule has 1 aliphatic rings. The van der Waals surface area contributed by atoms with Crippen molar-refractivity contribution in [3.63, 3.8) is 0 Å². The lowest BCUT2D eigenvalue weighted by Crippen LogP contribution is -2.36. The SMILES string of the molecule is CCSC1CCCC1NC(C)c1ccc(C)cc1. The Balaban J connectivity index is 1.94. The van der Waals surface area contributed by atoms with Crippen LogP contribution in [0.1, 0.15) is 50.3 Å². The molecule has 1 aromatic rings. The normalized spacial score (nSPS) is 25.3. The van der Waals surface area contributed by atoms with Gasteiger partial charge in [0.2, 0.25) is 0 Å². The highest BCUT2D eigenvalue weighted by Crippen LogP contribution is 2.31. The van der Waals surface area contributed by atoms with Gasteiger partial charge in [-0.25, -0.2) is 0 Å². The van der Waals surface area contributed by atoms with Crippen LogP contribution in [-0.4, -0.2) is 17.0 Å². The molecule has 2 rings (SSSR count). The van der Waals surface area contributed by atoms with Crippen LogP contribution in [0.2, 0.25) is 0 Å². The van der Waals surface area contributed by atoms with Crippen molar-refractivity contribution in [3.05, 3.63) is 35.4 Å². The first-order valence-electron chi connectivity index (χ1n) is 7.15. The van der Waals surface area contributed by atoms with Gasteiger partial charge in [0.15, 0.2) is 0 Å². The highest BCUT2D eigenvalue weighted by molar-refractivity contribution is 7.99. The van der Waals surface area contributed by atoms with Crippen molar-refractivity contribution >= 4 is 11.8 Å². The summed E-state index contributed by atoms with van der Waals surface area (Å²) in [6.07, 6.45) is 4.11. The third-order valence-corrected chi connectivity index (χ3v) is 5.20. The summed E-state index contributed by atoms with van der Waals surface area (Å²) in [5.41, 5.74) is 2.75. The highest BCUT2D eigenvalue weighted by atomic mass is 32.2. The van der Waals surface area contributed by atoms with E-state index in [9.17, 15) is 0 Å². The van der Waals surface area contributed by atoms with Gasteiger partial charge in [-0.15, -0.1) is 0 Å². The summed E-state index contributed by atoms with van der Waals surface area (Å²) in [5, 5.41) is 4.65. The largest absolute Gasteiger partial charge is 0.306 e. The van der Waals surface area contributed by atoms with Crippen LogP contribution >= 0.6 is 11.8 Å². The van der Waals surface area contributed by atoms with Gasteiger partial charge in [0.05, 0.1) is 0 Å². The summed E-state index contributed by atoms with van der Waals surface area (Å²) in [6.45, 7) is 6.70. The number of aryl methyl sites for hydroxylation is 1. The fourth-order valence-corrected chi connectivity index (χ4v) is 4.01. The molecule has 0 spiro atoms. The second-order valence-corrected chi connectivity index (χ2v) is 6.85. The average Bonchev–Trinajstić information content (AvgIpc) is 2.78. The molecule has 3 unspecified atom stereocenters. The van der Waals surface area contributed by atoms with Gasteiger partial charge < -0.3 is 5.32 Å². The van der Waals surface area contributed by atoms with E-state index in [0.717, 1.165) is 5.25 Å². The number of hydrogen-bond donors (Lipinski definition) is 1. The van der Waals surface area contributed by atoms with Crippen molar-refractivity contribution in [1.82, 2.24) is 5.32 Å². The van der Waals surface area contributed by atoms with Crippen LogP contribution in [0.15, 0.2) is 24.3 Å². The number of hydrogen-bond acceptors (Lipinski definition) is 2. The summed E-state index contributed by atoms with van der Waals surface area (Å²) in [7, 11) is 0. The van der Waals surface area contributed by atoms with E-state index in [2.05, 4.69) is 62.1 Å². The molecular weight excluding hydrogens is 238 g/mol. The molecule has 1 nitrogen and oxygen atoms in total. The average molecular weight is 263 g/mol. The predicted molar refractivity (Wildman–Crippen MR) is 82.3 cm³/mol. The van der Waals surface area contributed by atoms with E-state index < -0.39 is 0 Å². The second-order valence-electron chi connectivity index (χ2n) is 5.33. The molecule has 0 aromatic heterocycles. The Bertz CT molecular complexity index is 360.